The van der Waals surface area contributed by atoms with E-state index in [4.69, 9.17) is 5.73 Å². The fraction of sp³-hybridized carbons (Fsp3) is 1.00. The lowest BCUT2D eigenvalue weighted by Crippen LogP contribution is -2.42. The summed E-state index contributed by atoms with van der Waals surface area (Å²) in [5.74, 6) is 0. The number of nitrogens with one attached hydrogen (secondary N) is 1. The molecule has 0 aliphatic rings. The van der Waals surface area contributed by atoms with E-state index in [1.807, 2.05) is 7.05 Å². The van der Waals surface area contributed by atoms with Gasteiger partial charge >= 0.3 is 0 Å². The topological polar surface area (TPSA) is 38.0 Å². The summed E-state index contributed by atoms with van der Waals surface area (Å²) in [6, 6.07) is 0. The minimum absolute atomic E-state index is 0.0344. The third-order valence-electron chi connectivity index (χ3n) is 2.70. The fourth-order valence-electron chi connectivity index (χ4n) is 1.08. The molecule has 0 aromatic heterocycles. The summed E-state index contributed by atoms with van der Waals surface area (Å²) >= 11 is 0. The van der Waals surface area contributed by atoms with Crippen molar-refractivity contribution in [3.8, 4) is 0 Å². The second-order valence-corrected chi connectivity index (χ2v) is 4.65. The van der Waals surface area contributed by atoms with Gasteiger partial charge in [0.15, 0.2) is 0 Å². The molecule has 1 atom stereocenters. The third-order valence-corrected chi connectivity index (χ3v) is 2.70. The van der Waals surface area contributed by atoms with Gasteiger partial charge in [-0.2, -0.15) is 0 Å². The van der Waals surface area contributed by atoms with Crippen molar-refractivity contribution in [2.75, 3.05) is 7.05 Å². The van der Waals surface area contributed by atoms with Gasteiger partial charge in [-0.25, -0.2) is 0 Å². The van der Waals surface area contributed by atoms with Crippen LogP contribution in [0.25, 0.3) is 0 Å². The van der Waals surface area contributed by atoms with Gasteiger partial charge in [0.1, 0.15) is 0 Å². The number of hydrogen-bond donors (Lipinski definition) is 2. The van der Waals surface area contributed by atoms with Gasteiger partial charge in [-0.3, -0.25) is 0 Å². The zero-order valence-electron chi connectivity index (χ0n) is 9.20. The molecule has 3 N–H and O–H groups in total. The maximum atomic E-state index is 5.92. The average Bonchev–Trinajstić information content (AvgIpc) is 1.99. The molecule has 0 spiro atoms. The van der Waals surface area contributed by atoms with Gasteiger partial charge in [-0.1, -0.05) is 6.92 Å². The molecule has 0 saturated carbocycles. The Balaban J connectivity index is 3.89. The maximum Gasteiger partial charge on any atom is 0.0148 e. The van der Waals surface area contributed by atoms with Crippen molar-refractivity contribution in [2.45, 2.75) is 58.0 Å². The molecular weight excluding hydrogens is 148 g/mol. The summed E-state index contributed by atoms with van der Waals surface area (Å²) in [5, 5.41) is 3.35. The van der Waals surface area contributed by atoms with Gasteiger partial charge in [-0.15, -0.1) is 0 Å². The zero-order chi connectivity index (χ0) is 9.83. The second-order valence-electron chi connectivity index (χ2n) is 4.65. The Morgan fingerprint density at radius 2 is 1.67 bits per heavy atom. The lowest BCUT2D eigenvalue weighted by molar-refractivity contribution is 0.301. The van der Waals surface area contributed by atoms with Crippen LogP contribution in [0, 0.1) is 0 Å². The van der Waals surface area contributed by atoms with Crippen molar-refractivity contribution in [1.29, 1.82) is 0 Å². The molecule has 0 aromatic rings. The highest BCUT2D eigenvalue weighted by Crippen LogP contribution is 2.19. The van der Waals surface area contributed by atoms with Crippen LogP contribution >= 0.6 is 0 Å². The summed E-state index contributed by atoms with van der Waals surface area (Å²) in [5.41, 5.74) is 6.15. The lowest BCUT2D eigenvalue weighted by atomic mass is 9.87. The first kappa shape index (κ1) is 11.9. The number of hydrogen-bond acceptors (Lipinski definition) is 2. The first-order valence-corrected chi connectivity index (χ1v) is 4.81. The smallest absolute Gasteiger partial charge is 0.0148 e. The second kappa shape index (κ2) is 4.24. The van der Waals surface area contributed by atoms with E-state index in [1.54, 1.807) is 0 Å². The molecule has 0 fully saturated rings. The molecule has 0 radical (unpaired) electrons. The normalized spacial score (nSPS) is 17.5. The molecule has 0 rings (SSSR count). The van der Waals surface area contributed by atoms with Crippen LogP contribution in [0.5, 0.6) is 0 Å². The zero-order valence-corrected chi connectivity index (χ0v) is 9.20. The van der Waals surface area contributed by atoms with Crippen LogP contribution in [0.1, 0.15) is 47.0 Å². The van der Waals surface area contributed by atoms with E-state index in [1.165, 1.54) is 0 Å². The summed E-state index contributed by atoms with van der Waals surface area (Å²) < 4.78 is 0. The van der Waals surface area contributed by atoms with Crippen molar-refractivity contribution in [3.05, 3.63) is 0 Å². The standard InChI is InChI=1S/C10H24N2/c1-6-10(4,12-5)8-7-9(2,3)11/h12H,6-8,11H2,1-5H3. The minimum atomic E-state index is -0.0344. The molecular formula is C10H24N2. The number of nitrogens with two attached hydrogens (primary N) is 1. The predicted octanol–water partition coefficient (Wildman–Crippen LogP) is 1.89. The highest BCUT2D eigenvalue weighted by Gasteiger charge is 2.22. The van der Waals surface area contributed by atoms with Crippen LogP contribution in [0.15, 0.2) is 0 Å². The third kappa shape index (κ3) is 4.73. The molecule has 0 amide bonds. The maximum absolute atomic E-state index is 5.92. The highest BCUT2D eigenvalue weighted by molar-refractivity contribution is 4.84. The molecule has 1 unspecified atom stereocenters. The molecule has 0 saturated heterocycles. The molecule has 2 nitrogen and oxygen atoms in total. The van der Waals surface area contributed by atoms with E-state index in [9.17, 15) is 0 Å². The summed E-state index contributed by atoms with van der Waals surface area (Å²) in [6.07, 6.45) is 3.36. The van der Waals surface area contributed by atoms with Gasteiger partial charge in [-0.05, 0) is 47.1 Å². The monoisotopic (exact) mass is 172 g/mol. The van der Waals surface area contributed by atoms with Crippen molar-refractivity contribution >= 4 is 0 Å². The molecule has 12 heavy (non-hydrogen) atoms. The predicted molar refractivity (Wildman–Crippen MR) is 55.3 cm³/mol. The molecule has 0 heterocycles. The van der Waals surface area contributed by atoms with Crippen LogP contribution < -0.4 is 11.1 Å². The Bertz CT molecular complexity index is 120. The minimum Gasteiger partial charge on any atom is -0.326 e. The number of rotatable bonds is 5. The molecule has 2 heteroatoms. The van der Waals surface area contributed by atoms with Gasteiger partial charge in [0.05, 0.1) is 0 Å². The summed E-state index contributed by atoms with van der Waals surface area (Å²) in [6.45, 7) is 8.62. The lowest BCUT2D eigenvalue weighted by Gasteiger charge is -2.31. The van der Waals surface area contributed by atoms with Gasteiger partial charge in [0, 0.05) is 11.1 Å². The Morgan fingerprint density at radius 1 is 1.17 bits per heavy atom. The van der Waals surface area contributed by atoms with Crippen LogP contribution in [0.3, 0.4) is 0 Å². The fourth-order valence-corrected chi connectivity index (χ4v) is 1.08. The van der Waals surface area contributed by atoms with Crippen LogP contribution in [-0.2, 0) is 0 Å². The van der Waals surface area contributed by atoms with Crippen LogP contribution in [0.4, 0.5) is 0 Å². The van der Waals surface area contributed by atoms with Gasteiger partial charge < -0.3 is 11.1 Å². The van der Waals surface area contributed by atoms with E-state index in [0.717, 1.165) is 19.3 Å². The van der Waals surface area contributed by atoms with Crippen molar-refractivity contribution in [2.24, 2.45) is 5.73 Å². The van der Waals surface area contributed by atoms with Gasteiger partial charge in [0.2, 0.25) is 0 Å². The molecule has 0 aromatic carbocycles. The Hall–Kier alpha value is -0.0800. The first-order valence-electron chi connectivity index (χ1n) is 4.81. The average molecular weight is 172 g/mol. The van der Waals surface area contributed by atoms with Crippen LogP contribution in [0.2, 0.25) is 0 Å². The largest absolute Gasteiger partial charge is 0.326 e. The van der Waals surface area contributed by atoms with E-state index < -0.39 is 0 Å². The molecule has 0 bridgehead atoms. The summed E-state index contributed by atoms with van der Waals surface area (Å²) in [7, 11) is 2.02. The molecule has 0 aliphatic carbocycles. The Kier molecular flexibility index (Phi) is 4.21. The quantitative estimate of drug-likeness (QED) is 0.664. The van der Waals surface area contributed by atoms with Crippen LogP contribution in [-0.4, -0.2) is 18.1 Å². The Labute approximate surface area is 76.9 Å². The first-order chi connectivity index (χ1) is 5.33. The SMILES string of the molecule is CCC(C)(CCC(C)(C)N)NC. The van der Waals surface area contributed by atoms with E-state index in [-0.39, 0.29) is 11.1 Å². The van der Waals surface area contributed by atoms with Crippen molar-refractivity contribution in [3.63, 3.8) is 0 Å². The summed E-state index contributed by atoms with van der Waals surface area (Å²) in [4.78, 5) is 0. The Morgan fingerprint density at radius 3 is 1.92 bits per heavy atom. The van der Waals surface area contributed by atoms with E-state index >= 15 is 0 Å². The van der Waals surface area contributed by atoms with Crippen molar-refractivity contribution in [1.82, 2.24) is 5.32 Å². The highest BCUT2D eigenvalue weighted by atomic mass is 14.9. The molecule has 0 aliphatic heterocycles. The van der Waals surface area contributed by atoms with E-state index in [0.29, 0.717) is 0 Å². The molecule has 74 valence electrons. The van der Waals surface area contributed by atoms with Crippen molar-refractivity contribution < 1.29 is 0 Å². The van der Waals surface area contributed by atoms with Gasteiger partial charge in [0.25, 0.3) is 0 Å². The van der Waals surface area contributed by atoms with E-state index in [2.05, 4.69) is 33.0 Å².